The number of hydrogen-bond acceptors (Lipinski definition) is 5. The Kier molecular flexibility index (Phi) is 3.91. The summed E-state index contributed by atoms with van der Waals surface area (Å²) in [6, 6.07) is 8.52. The Balaban J connectivity index is 2.25. The molecule has 0 saturated heterocycles. The van der Waals surface area contributed by atoms with Crippen molar-refractivity contribution in [2.75, 3.05) is 0 Å². The first-order valence-corrected chi connectivity index (χ1v) is 6.00. The molecule has 0 atom stereocenters. The van der Waals surface area contributed by atoms with Crippen LogP contribution in [0.15, 0.2) is 34.9 Å². The molecule has 0 amide bonds. The van der Waals surface area contributed by atoms with Gasteiger partial charge in [-0.2, -0.15) is 0 Å². The first kappa shape index (κ1) is 13.2. The molecular formula is C13H15N3O3. The van der Waals surface area contributed by atoms with Crippen molar-refractivity contribution in [3.8, 4) is 11.3 Å². The van der Waals surface area contributed by atoms with E-state index < -0.39 is 4.92 Å². The maximum atomic E-state index is 10.9. The molecule has 1 aromatic carbocycles. The summed E-state index contributed by atoms with van der Waals surface area (Å²) in [6.45, 7) is 4.63. The number of benzene rings is 1. The predicted molar refractivity (Wildman–Crippen MR) is 70.6 cm³/mol. The summed E-state index contributed by atoms with van der Waals surface area (Å²) >= 11 is 0. The van der Waals surface area contributed by atoms with E-state index in [0.717, 1.165) is 5.69 Å². The minimum Gasteiger partial charge on any atom is -0.356 e. The van der Waals surface area contributed by atoms with Crippen LogP contribution in [-0.4, -0.2) is 16.1 Å². The number of nitro groups is 1. The summed E-state index contributed by atoms with van der Waals surface area (Å²) in [5.74, 6) is 0.410. The standard InChI is InChI=1S/C13H15N3O3/c1-9(2)14-8-10-7-13(19-15-10)11-5-3-4-6-12(11)16(17)18/h3-7,9,14H,8H2,1-2H3. The summed E-state index contributed by atoms with van der Waals surface area (Å²) in [5.41, 5.74) is 1.18. The average molecular weight is 261 g/mol. The Morgan fingerprint density at radius 3 is 2.84 bits per heavy atom. The van der Waals surface area contributed by atoms with Gasteiger partial charge in [-0.1, -0.05) is 31.1 Å². The molecule has 100 valence electrons. The normalized spacial score (nSPS) is 10.9. The Bertz CT molecular complexity index is 578. The second-order valence-corrected chi connectivity index (χ2v) is 4.49. The topological polar surface area (TPSA) is 81.2 Å². The van der Waals surface area contributed by atoms with E-state index in [4.69, 9.17) is 4.52 Å². The molecule has 1 heterocycles. The second kappa shape index (κ2) is 5.62. The van der Waals surface area contributed by atoms with Crippen molar-refractivity contribution in [2.24, 2.45) is 0 Å². The highest BCUT2D eigenvalue weighted by Crippen LogP contribution is 2.29. The summed E-state index contributed by atoms with van der Waals surface area (Å²) in [6.07, 6.45) is 0. The van der Waals surface area contributed by atoms with Crippen LogP contribution in [0.25, 0.3) is 11.3 Å². The van der Waals surface area contributed by atoms with Crippen LogP contribution >= 0.6 is 0 Å². The number of nitrogens with zero attached hydrogens (tertiary/aromatic N) is 2. The third kappa shape index (κ3) is 3.17. The van der Waals surface area contributed by atoms with Gasteiger partial charge in [0, 0.05) is 24.7 Å². The minimum atomic E-state index is -0.427. The fraction of sp³-hybridized carbons (Fsp3) is 0.308. The van der Waals surface area contributed by atoms with Crippen LogP contribution in [0.4, 0.5) is 5.69 Å². The molecular weight excluding hydrogens is 246 g/mol. The maximum Gasteiger partial charge on any atom is 0.280 e. The SMILES string of the molecule is CC(C)NCc1cc(-c2ccccc2[N+](=O)[O-])on1. The molecule has 0 bridgehead atoms. The van der Waals surface area contributed by atoms with Gasteiger partial charge in [-0.3, -0.25) is 10.1 Å². The number of nitrogens with one attached hydrogen (secondary N) is 1. The number of hydrogen-bond donors (Lipinski definition) is 1. The highest BCUT2D eigenvalue weighted by atomic mass is 16.6. The van der Waals surface area contributed by atoms with Gasteiger partial charge in [-0.15, -0.1) is 0 Å². The van der Waals surface area contributed by atoms with E-state index in [1.54, 1.807) is 24.3 Å². The molecule has 6 nitrogen and oxygen atoms in total. The quantitative estimate of drug-likeness (QED) is 0.661. The van der Waals surface area contributed by atoms with Crippen molar-refractivity contribution in [2.45, 2.75) is 26.4 Å². The van der Waals surface area contributed by atoms with E-state index in [1.807, 2.05) is 13.8 Å². The number of nitro benzene ring substituents is 1. The van der Waals surface area contributed by atoms with Gasteiger partial charge in [-0.05, 0) is 6.07 Å². The van der Waals surface area contributed by atoms with E-state index in [9.17, 15) is 10.1 Å². The first-order chi connectivity index (χ1) is 9.08. The molecule has 0 unspecified atom stereocenters. The maximum absolute atomic E-state index is 10.9. The summed E-state index contributed by atoms with van der Waals surface area (Å²) in [5, 5.41) is 18.1. The van der Waals surface area contributed by atoms with Gasteiger partial charge in [0.1, 0.15) is 0 Å². The number of aromatic nitrogens is 1. The molecule has 2 aromatic rings. The highest BCUT2D eigenvalue weighted by molar-refractivity contribution is 5.69. The van der Waals surface area contributed by atoms with Gasteiger partial charge >= 0.3 is 0 Å². The average Bonchev–Trinajstić information content (AvgIpc) is 2.85. The Labute approximate surface area is 110 Å². The lowest BCUT2D eigenvalue weighted by Gasteiger charge is -2.03. The van der Waals surface area contributed by atoms with Crippen molar-refractivity contribution in [3.05, 3.63) is 46.1 Å². The van der Waals surface area contributed by atoms with Crippen LogP contribution in [0, 0.1) is 10.1 Å². The molecule has 1 N–H and O–H groups in total. The predicted octanol–water partition coefficient (Wildman–Crippen LogP) is 2.75. The zero-order valence-electron chi connectivity index (χ0n) is 10.8. The lowest BCUT2D eigenvalue weighted by atomic mass is 10.1. The fourth-order valence-corrected chi connectivity index (χ4v) is 1.67. The van der Waals surface area contributed by atoms with Gasteiger partial charge < -0.3 is 9.84 Å². The molecule has 1 aromatic heterocycles. The number of rotatable bonds is 5. The monoisotopic (exact) mass is 261 g/mol. The third-order valence-electron chi connectivity index (χ3n) is 2.62. The second-order valence-electron chi connectivity index (χ2n) is 4.49. The third-order valence-corrected chi connectivity index (χ3v) is 2.62. The Morgan fingerprint density at radius 1 is 1.42 bits per heavy atom. The van der Waals surface area contributed by atoms with Crippen LogP contribution in [0.3, 0.4) is 0 Å². The lowest BCUT2D eigenvalue weighted by molar-refractivity contribution is -0.384. The fourth-order valence-electron chi connectivity index (χ4n) is 1.67. The van der Waals surface area contributed by atoms with Crippen LogP contribution in [-0.2, 0) is 6.54 Å². The molecule has 0 radical (unpaired) electrons. The van der Waals surface area contributed by atoms with Crippen LogP contribution < -0.4 is 5.32 Å². The van der Waals surface area contributed by atoms with Gasteiger partial charge in [0.15, 0.2) is 5.76 Å². The van der Waals surface area contributed by atoms with Crippen LogP contribution in [0.1, 0.15) is 19.5 Å². The molecule has 2 rings (SSSR count). The summed E-state index contributed by atoms with van der Waals surface area (Å²) in [4.78, 5) is 10.5. The summed E-state index contributed by atoms with van der Waals surface area (Å²) < 4.78 is 5.18. The molecule has 0 aliphatic carbocycles. The smallest absolute Gasteiger partial charge is 0.280 e. The Morgan fingerprint density at radius 2 is 2.16 bits per heavy atom. The van der Waals surface area contributed by atoms with Gasteiger partial charge in [0.25, 0.3) is 5.69 Å². The minimum absolute atomic E-state index is 0.0158. The van der Waals surface area contributed by atoms with E-state index in [-0.39, 0.29) is 5.69 Å². The van der Waals surface area contributed by atoms with Crippen LogP contribution in [0.5, 0.6) is 0 Å². The molecule has 0 aliphatic rings. The molecule has 6 heteroatoms. The first-order valence-electron chi connectivity index (χ1n) is 6.00. The van der Waals surface area contributed by atoms with Crippen molar-refractivity contribution < 1.29 is 9.45 Å². The van der Waals surface area contributed by atoms with Crippen molar-refractivity contribution >= 4 is 5.69 Å². The lowest BCUT2D eigenvalue weighted by Crippen LogP contribution is -2.21. The van der Waals surface area contributed by atoms with Crippen LogP contribution in [0.2, 0.25) is 0 Å². The number of para-hydroxylation sites is 1. The highest BCUT2D eigenvalue weighted by Gasteiger charge is 2.18. The molecule has 0 spiro atoms. The zero-order valence-corrected chi connectivity index (χ0v) is 10.8. The van der Waals surface area contributed by atoms with Gasteiger partial charge in [0.2, 0.25) is 0 Å². The van der Waals surface area contributed by atoms with Gasteiger partial charge in [0.05, 0.1) is 16.2 Å². The molecule has 0 aliphatic heterocycles. The Hall–Kier alpha value is -2.21. The van der Waals surface area contributed by atoms with E-state index in [0.29, 0.717) is 23.9 Å². The summed E-state index contributed by atoms with van der Waals surface area (Å²) in [7, 11) is 0. The van der Waals surface area contributed by atoms with Crippen molar-refractivity contribution in [1.29, 1.82) is 0 Å². The van der Waals surface area contributed by atoms with Gasteiger partial charge in [-0.25, -0.2) is 0 Å². The molecule has 0 saturated carbocycles. The zero-order chi connectivity index (χ0) is 13.8. The largest absolute Gasteiger partial charge is 0.356 e. The van der Waals surface area contributed by atoms with E-state index >= 15 is 0 Å². The molecule has 0 fully saturated rings. The van der Waals surface area contributed by atoms with E-state index in [1.165, 1.54) is 6.07 Å². The van der Waals surface area contributed by atoms with Crippen molar-refractivity contribution in [3.63, 3.8) is 0 Å². The van der Waals surface area contributed by atoms with E-state index in [2.05, 4.69) is 10.5 Å². The van der Waals surface area contributed by atoms with Crippen molar-refractivity contribution in [1.82, 2.24) is 10.5 Å². The molecule has 19 heavy (non-hydrogen) atoms.